The molecule has 1 fully saturated rings. The highest BCUT2D eigenvalue weighted by atomic mass is 16.5. The first-order chi connectivity index (χ1) is 7.75. The van der Waals surface area contributed by atoms with Crippen molar-refractivity contribution in [2.24, 2.45) is 0 Å². The van der Waals surface area contributed by atoms with E-state index in [1.165, 1.54) is 6.07 Å². The molecule has 0 bridgehead atoms. The molecule has 0 spiro atoms. The van der Waals surface area contributed by atoms with Crippen LogP contribution in [0.5, 0.6) is 0 Å². The van der Waals surface area contributed by atoms with E-state index in [0.29, 0.717) is 32.1 Å². The Balaban J connectivity index is 1.94. The molecule has 1 aliphatic heterocycles. The van der Waals surface area contributed by atoms with Crippen LogP contribution in [0.15, 0.2) is 12.1 Å². The predicted octanol–water partition coefficient (Wildman–Crippen LogP) is -0.964. The molecular weight excluding hydrogens is 210 g/mol. The fourth-order valence-electron chi connectivity index (χ4n) is 1.34. The average Bonchev–Trinajstić information content (AvgIpc) is 2.31. The van der Waals surface area contributed by atoms with Gasteiger partial charge in [-0.25, -0.2) is 5.01 Å². The zero-order valence-corrected chi connectivity index (χ0v) is 8.72. The molecule has 2 heterocycles. The van der Waals surface area contributed by atoms with Crippen molar-refractivity contribution in [2.45, 2.75) is 0 Å². The lowest BCUT2D eigenvalue weighted by molar-refractivity contribution is 0.0124. The number of nitrogens with zero attached hydrogens (tertiary/aromatic N) is 3. The van der Waals surface area contributed by atoms with E-state index in [1.807, 2.05) is 0 Å². The molecule has 0 aliphatic carbocycles. The zero-order chi connectivity index (χ0) is 11.4. The number of carbonyl (C=O) groups is 1. The molecule has 7 nitrogen and oxygen atoms in total. The molecule has 1 aliphatic rings. The van der Waals surface area contributed by atoms with Gasteiger partial charge in [0.1, 0.15) is 5.82 Å². The summed E-state index contributed by atoms with van der Waals surface area (Å²) in [5.74, 6) is 0.0114. The quantitative estimate of drug-likeness (QED) is 0.670. The maximum atomic E-state index is 11.7. The van der Waals surface area contributed by atoms with Gasteiger partial charge in [-0.3, -0.25) is 10.2 Å². The van der Waals surface area contributed by atoms with Crippen LogP contribution in [0.1, 0.15) is 10.5 Å². The van der Waals surface area contributed by atoms with Gasteiger partial charge in [-0.15, -0.1) is 10.2 Å². The summed E-state index contributed by atoms with van der Waals surface area (Å²) in [4.78, 5) is 11.7. The molecule has 7 heteroatoms. The summed E-state index contributed by atoms with van der Waals surface area (Å²) in [5.41, 5.74) is 8.36. The first-order valence-electron chi connectivity index (χ1n) is 4.98. The number of ether oxygens (including phenoxy) is 1. The van der Waals surface area contributed by atoms with Crippen LogP contribution in [-0.4, -0.2) is 47.4 Å². The highest BCUT2D eigenvalue weighted by Crippen LogP contribution is 1.99. The zero-order valence-electron chi connectivity index (χ0n) is 8.72. The van der Waals surface area contributed by atoms with Crippen molar-refractivity contribution in [3.8, 4) is 0 Å². The lowest BCUT2D eigenvalue weighted by atomic mass is 10.3. The Morgan fingerprint density at radius 1 is 1.38 bits per heavy atom. The van der Waals surface area contributed by atoms with E-state index in [9.17, 15) is 4.79 Å². The minimum Gasteiger partial charge on any atom is -0.382 e. The Morgan fingerprint density at radius 3 is 2.75 bits per heavy atom. The van der Waals surface area contributed by atoms with Crippen molar-refractivity contribution in [3.63, 3.8) is 0 Å². The Kier molecular flexibility index (Phi) is 3.28. The molecule has 0 atom stereocenters. The lowest BCUT2D eigenvalue weighted by Crippen LogP contribution is -2.48. The summed E-state index contributed by atoms with van der Waals surface area (Å²) in [6.45, 7) is 2.59. The molecule has 1 amide bonds. The van der Waals surface area contributed by atoms with Crippen LogP contribution in [0.3, 0.4) is 0 Å². The number of hydrazine groups is 1. The van der Waals surface area contributed by atoms with Gasteiger partial charge in [0, 0.05) is 13.1 Å². The van der Waals surface area contributed by atoms with Crippen molar-refractivity contribution in [2.75, 3.05) is 32.0 Å². The Bertz CT molecular complexity index is 361. The minimum absolute atomic E-state index is 0.251. The predicted molar refractivity (Wildman–Crippen MR) is 56.3 cm³/mol. The Labute approximate surface area is 92.6 Å². The minimum atomic E-state index is -0.283. The third-order valence-electron chi connectivity index (χ3n) is 2.19. The first-order valence-corrected chi connectivity index (χ1v) is 4.98. The van der Waals surface area contributed by atoms with E-state index < -0.39 is 0 Å². The molecule has 0 unspecified atom stereocenters. The van der Waals surface area contributed by atoms with Gasteiger partial charge in [-0.1, -0.05) is 0 Å². The van der Waals surface area contributed by atoms with E-state index in [-0.39, 0.29) is 11.6 Å². The number of carbonyl (C=O) groups excluding carboxylic acids is 1. The molecule has 0 saturated carbocycles. The van der Waals surface area contributed by atoms with Crippen molar-refractivity contribution in [3.05, 3.63) is 17.8 Å². The van der Waals surface area contributed by atoms with Gasteiger partial charge in [-0.2, -0.15) is 0 Å². The number of aromatic nitrogens is 2. The van der Waals surface area contributed by atoms with Gasteiger partial charge in [-0.05, 0) is 12.1 Å². The topological polar surface area (TPSA) is 93.4 Å². The molecule has 1 saturated heterocycles. The number of hydrogen-bond acceptors (Lipinski definition) is 6. The van der Waals surface area contributed by atoms with Crippen LogP contribution in [0.2, 0.25) is 0 Å². The summed E-state index contributed by atoms with van der Waals surface area (Å²) >= 11 is 0. The first kappa shape index (κ1) is 10.8. The van der Waals surface area contributed by atoms with Gasteiger partial charge in [0.05, 0.1) is 13.2 Å². The molecule has 16 heavy (non-hydrogen) atoms. The smallest absolute Gasteiger partial charge is 0.286 e. The molecule has 2 rings (SSSR count). The van der Waals surface area contributed by atoms with Crippen LogP contribution in [-0.2, 0) is 4.74 Å². The SMILES string of the molecule is Nc1ccc(C(=O)NN2CCOCC2)nn1. The molecule has 0 radical (unpaired) electrons. The fraction of sp³-hybridized carbons (Fsp3) is 0.444. The highest BCUT2D eigenvalue weighted by Gasteiger charge is 2.15. The van der Waals surface area contributed by atoms with Gasteiger partial charge < -0.3 is 10.5 Å². The number of morpholine rings is 1. The fourth-order valence-corrected chi connectivity index (χ4v) is 1.34. The van der Waals surface area contributed by atoms with Crippen LogP contribution >= 0.6 is 0 Å². The van der Waals surface area contributed by atoms with Gasteiger partial charge in [0.2, 0.25) is 0 Å². The lowest BCUT2D eigenvalue weighted by Gasteiger charge is -2.26. The Hall–Kier alpha value is -1.73. The van der Waals surface area contributed by atoms with Gasteiger partial charge in [0.25, 0.3) is 5.91 Å². The number of rotatable bonds is 2. The monoisotopic (exact) mass is 223 g/mol. The van der Waals surface area contributed by atoms with Crippen molar-refractivity contribution in [1.82, 2.24) is 20.6 Å². The number of anilines is 1. The highest BCUT2D eigenvalue weighted by molar-refractivity contribution is 5.91. The van der Waals surface area contributed by atoms with E-state index in [1.54, 1.807) is 11.1 Å². The molecule has 0 aromatic carbocycles. The van der Waals surface area contributed by atoms with E-state index in [0.717, 1.165) is 0 Å². The number of nitrogens with two attached hydrogens (primary N) is 1. The normalized spacial score (nSPS) is 17.0. The summed E-state index contributed by atoms with van der Waals surface area (Å²) in [6.07, 6.45) is 0. The summed E-state index contributed by atoms with van der Waals surface area (Å²) < 4.78 is 5.17. The maximum Gasteiger partial charge on any atom is 0.286 e. The maximum absolute atomic E-state index is 11.7. The summed E-state index contributed by atoms with van der Waals surface area (Å²) in [6, 6.07) is 3.08. The summed E-state index contributed by atoms with van der Waals surface area (Å²) in [5, 5.41) is 9.11. The second kappa shape index (κ2) is 4.86. The van der Waals surface area contributed by atoms with Gasteiger partial charge in [0.15, 0.2) is 5.69 Å². The Morgan fingerprint density at radius 2 is 2.12 bits per heavy atom. The van der Waals surface area contributed by atoms with Crippen LogP contribution < -0.4 is 11.2 Å². The van der Waals surface area contributed by atoms with Crippen LogP contribution in [0.4, 0.5) is 5.82 Å². The molecule has 1 aromatic rings. The van der Waals surface area contributed by atoms with E-state index >= 15 is 0 Å². The van der Waals surface area contributed by atoms with Crippen LogP contribution in [0.25, 0.3) is 0 Å². The third-order valence-corrected chi connectivity index (χ3v) is 2.19. The molecule has 3 N–H and O–H groups in total. The standard InChI is InChI=1S/C9H13N5O2/c10-8-2-1-7(11-12-8)9(15)13-14-3-5-16-6-4-14/h1-2H,3-6H2,(H2,10,12)(H,13,15). The average molecular weight is 223 g/mol. The van der Waals surface area contributed by atoms with Crippen molar-refractivity contribution in [1.29, 1.82) is 0 Å². The van der Waals surface area contributed by atoms with Crippen LogP contribution in [0, 0.1) is 0 Å². The summed E-state index contributed by atoms with van der Waals surface area (Å²) in [7, 11) is 0. The van der Waals surface area contributed by atoms with Crippen molar-refractivity contribution >= 4 is 11.7 Å². The number of amides is 1. The second-order valence-electron chi connectivity index (χ2n) is 3.38. The largest absolute Gasteiger partial charge is 0.382 e. The number of nitrogens with one attached hydrogen (secondary N) is 1. The van der Waals surface area contributed by atoms with E-state index in [2.05, 4.69) is 15.6 Å². The molecular formula is C9H13N5O2. The number of nitrogen functional groups attached to an aromatic ring is 1. The van der Waals surface area contributed by atoms with E-state index in [4.69, 9.17) is 10.5 Å². The molecule has 1 aromatic heterocycles. The molecule has 86 valence electrons. The third kappa shape index (κ3) is 2.65. The number of hydrogen-bond donors (Lipinski definition) is 2. The van der Waals surface area contributed by atoms with Gasteiger partial charge >= 0.3 is 0 Å². The second-order valence-corrected chi connectivity index (χ2v) is 3.38. The van der Waals surface area contributed by atoms with Crippen molar-refractivity contribution < 1.29 is 9.53 Å².